The SMILES string of the molecule is CC1CC(OC(=O)c2cc(N)cc(Br)c2)CC(C)O1. The number of carbonyl (C=O) groups excluding carboxylic acids is 1. The normalized spacial score (nSPS) is 27.0. The van der Waals surface area contributed by atoms with E-state index in [1.807, 2.05) is 13.8 Å². The predicted molar refractivity (Wildman–Crippen MR) is 77.0 cm³/mol. The third-order valence-electron chi connectivity index (χ3n) is 3.08. The Bertz CT molecular complexity index is 448. The van der Waals surface area contributed by atoms with E-state index in [0.29, 0.717) is 11.3 Å². The molecule has 0 bridgehead atoms. The molecular formula is C14H18BrNO3. The van der Waals surface area contributed by atoms with Gasteiger partial charge in [-0.1, -0.05) is 15.9 Å². The van der Waals surface area contributed by atoms with Crippen molar-refractivity contribution in [1.29, 1.82) is 0 Å². The van der Waals surface area contributed by atoms with Gasteiger partial charge in [-0.25, -0.2) is 4.79 Å². The van der Waals surface area contributed by atoms with Gasteiger partial charge >= 0.3 is 5.97 Å². The number of carbonyl (C=O) groups is 1. The van der Waals surface area contributed by atoms with E-state index < -0.39 is 0 Å². The zero-order chi connectivity index (χ0) is 14.0. The van der Waals surface area contributed by atoms with Crippen LogP contribution in [0, 0.1) is 0 Å². The van der Waals surface area contributed by atoms with Crippen LogP contribution >= 0.6 is 15.9 Å². The van der Waals surface area contributed by atoms with Crippen LogP contribution in [-0.4, -0.2) is 24.3 Å². The number of hydrogen-bond donors (Lipinski definition) is 1. The number of ether oxygens (including phenoxy) is 2. The Kier molecular flexibility index (Phi) is 4.47. The largest absolute Gasteiger partial charge is 0.459 e. The number of hydrogen-bond acceptors (Lipinski definition) is 4. The van der Waals surface area contributed by atoms with Gasteiger partial charge in [-0.2, -0.15) is 0 Å². The van der Waals surface area contributed by atoms with Gasteiger partial charge in [0.2, 0.25) is 0 Å². The third-order valence-corrected chi connectivity index (χ3v) is 3.54. The van der Waals surface area contributed by atoms with Crippen LogP contribution in [0.15, 0.2) is 22.7 Å². The van der Waals surface area contributed by atoms with Gasteiger partial charge in [0.1, 0.15) is 6.10 Å². The highest BCUT2D eigenvalue weighted by molar-refractivity contribution is 9.10. The molecule has 1 aliphatic rings. The quantitative estimate of drug-likeness (QED) is 0.669. The maximum absolute atomic E-state index is 12.1. The van der Waals surface area contributed by atoms with E-state index in [4.69, 9.17) is 15.2 Å². The minimum Gasteiger partial charge on any atom is -0.459 e. The zero-order valence-corrected chi connectivity index (χ0v) is 12.6. The molecule has 4 nitrogen and oxygen atoms in total. The molecule has 2 atom stereocenters. The molecular weight excluding hydrogens is 310 g/mol. The van der Waals surface area contributed by atoms with Gasteiger partial charge in [-0.15, -0.1) is 0 Å². The van der Waals surface area contributed by atoms with Crippen molar-refractivity contribution in [2.45, 2.75) is 45.0 Å². The summed E-state index contributed by atoms with van der Waals surface area (Å²) in [5, 5.41) is 0. The summed E-state index contributed by atoms with van der Waals surface area (Å²) in [7, 11) is 0. The topological polar surface area (TPSA) is 61.5 Å². The van der Waals surface area contributed by atoms with E-state index in [1.165, 1.54) is 0 Å². The van der Waals surface area contributed by atoms with E-state index in [0.717, 1.165) is 17.3 Å². The molecule has 0 amide bonds. The van der Waals surface area contributed by atoms with E-state index in [-0.39, 0.29) is 24.3 Å². The summed E-state index contributed by atoms with van der Waals surface area (Å²) in [4.78, 5) is 12.1. The molecule has 2 unspecified atom stereocenters. The van der Waals surface area contributed by atoms with Crippen molar-refractivity contribution in [3.8, 4) is 0 Å². The molecule has 1 saturated heterocycles. The highest BCUT2D eigenvalue weighted by atomic mass is 79.9. The minimum atomic E-state index is -0.334. The highest BCUT2D eigenvalue weighted by Gasteiger charge is 2.27. The highest BCUT2D eigenvalue weighted by Crippen LogP contribution is 2.24. The smallest absolute Gasteiger partial charge is 0.338 e. The third kappa shape index (κ3) is 3.94. The monoisotopic (exact) mass is 327 g/mol. The molecule has 1 aromatic rings. The van der Waals surface area contributed by atoms with Crippen molar-refractivity contribution in [3.63, 3.8) is 0 Å². The molecule has 1 aromatic carbocycles. The van der Waals surface area contributed by atoms with Gasteiger partial charge in [-0.05, 0) is 32.0 Å². The minimum absolute atomic E-state index is 0.0912. The number of nitrogen functional groups attached to an aromatic ring is 1. The fraction of sp³-hybridized carbons (Fsp3) is 0.500. The second kappa shape index (κ2) is 5.92. The van der Waals surface area contributed by atoms with Crippen molar-refractivity contribution in [2.24, 2.45) is 0 Å². The van der Waals surface area contributed by atoms with Gasteiger partial charge < -0.3 is 15.2 Å². The van der Waals surface area contributed by atoms with E-state index in [2.05, 4.69) is 15.9 Å². The molecule has 19 heavy (non-hydrogen) atoms. The summed E-state index contributed by atoms with van der Waals surface area (Å²) in [6, 6.07) is 5.08. The summed E-state index contributed by atoms with van der Waals surface area (Å²) in [6.07, 6.45) is 1.62. The van der Waals surface area contributed by atoms with Gasteiger partial charge in [0.25, 0.3) is 0 Å². The molecule has 2 N–H and O–H groups in total. The van der Waals surface area contributed by atoms with Crippen molar-refractivity contribution < 1.29 is 14.3 Å². The van der Waals surface area contributed by atoms with Crippen molar-refractivity contribution in [2.75, 3.05) is 5.73 Å². The first-order valence-electron chi connectivity index (χ1n) is 6.36. The summed E-state index contributed by atoms with van der Waals surface area (Å²) >= 11 is 3.32. The van der Waals surface area contributed by atoms with Gasteiger partial charge in [0.05, 0.1) is 17.8 Å². The van der Waals surface area contributed by atoms with Crippen molar-refractivity contribution in [1.82, 2.24) is 0 Å². The first-order chi connectivity index (χ1) is 8.94. The Labute approximate surface area is 121 Å². The second-order valence-corrected chi connectivity index (χ2v) is 5.94. The number of halogens is 1. The molecule has 1 fully saturated rings. The molecule has 0 saturated carbocycles. The Morgan fingerprint density at radius 3 is 2.53 bits per heavy atom. The Morgan fingerprint density at radius 1 is 1.32 bits per heavy atom. The lowest BCUT2D eigenvalue weighted by molar-refractivity contribution is -0.0855. The molecule has 2 rings (SSSR count). The van der Waals surface area contributed by atoms with E-state index in [1.54, 1.807) is 18.2 Å². The Hall–Kier alpha value is -1.07. The van der Waals surface area contributed by atoms with E-state index >= 15 is 0 Å². The molecule has 1 heterocycles. The average molecular weight is 328 g/mol. The second-order valence-electron chi connectivity index (χ2n) is 5.03. The number of esters is 1. The van der Waals surface area contributed by atoms with Crippen LogP contribution in [0.4, 0.5) is 5.69 Å². The summed E-state index contributed by atoms with van der Waals surface area (Å²) < 4.78 is 11.9. The van der Waals surface area contributed by atoms with E-state index in [9.17, 15) is 4.79 Å². The van der Waals surface area contributed by atoms with Crippen LogP contribution in [0.25, 0.3) is 0 Å². The molecule has 0 aromatic heterocycles. The maximum Gasteiger partial charge on any atom is 0.338 e. The average Bonchev–Trinajstić information content (AvgIpc) is 2.25. The van der Waals surface area contributed by atoms with Gasteiger partial charge in [0, 0.05) is 23.0 Å². The van der Waals surface area contributed by atoms with Crippen LogP contribution in [0.5, 0.6) is 0 Å². The van der Waals surface area contributed by atoms with Crippen LogP contribution in [0.3, 0.4) is 0 Å². The number of anilines is 1. The first-order valence-corrected chi connectivity index (χ1v) is 7.16. The van der Waals surface area contributed by atoms with Crippen molar-refractivity contribution >= 4 is 27.6 Å². The maximum atomic E-state index is 12.1. The molecule has 5 heteroatoms. The fourth-order valence-electron chi connectivity index (χ4n) is 2.39. The molecule has 104 valence electrons. The van der Waals surface area contributed by atoms with Crippen LogP contribution in [0.1, 0.15) is 37.0 Å². The summed E-state index contributed by atoms with van der Waals surface area (Å²) in [6.45, 7) is 3.99. The fourth-order valence-corrected chi connectivity index (χ4v) is 2.90. The number of benzene rings is 1. The lowest BCUT2D eigenvalue weighted by atomic mass is 10.0. The molecule has 1 aliphatic heterocycles. The summed E-state index contributed by atoms with van der Waals surface area (Å²) in [5.74, 6) is -0.334. The number of rotatable bonds is 2. The predicted octanol–water partition coefficient (Wildman–Crippen LogP) is 3.14. The molecule has 0 spiro atoms. The summed E-state index contributed by atoms with van der Waals surface area (Å²) in [5.41, 5.74) is 6.72. The zero-order valence-electron chi connectivity index (χ0n) is 11.1. The van der Waals surface area contributed by atoms with Gasteiger partial charge in [0.15, 0.2) is 0 Å². The lowest BCUT2D eigenvalue weighted by Gasteiger charge is -2.31. The Balaban J connectivity index is 2.04. The standard InChI is InChI=1S/C14H18BrNO3/c1-8-3-13(4-9(2)18-8)19-14(17)10-5-11(15)7-12(16)6-10/h5-9,13H,3-4,16H2,1-2H3. The van der Waals surface area contributed by atoms with Crippen LogP contribution < -0.4 is 5.73 Å². The van der Waals surface area contributed by atoms with Crippen molar-refractivity contribution in [3.05, 3.63) is 28.2 Å². The van der Waals surface area contributed by atoms with Gasteiger partial charge in [-0.3, -0.25) is 0 Å². The first kappa shape index (κ1) is 14.3. The van der Waals surface area contributed by atoms with Crippen LogP contribution in [0.2, 0.25) is 0 Å². The molecule has 0 radical (unpaired) electrons. The number of nitrogens with two attached hydrogens (primary N) is 1. The van der Waals surface area contributed by atoms with Crippen LogP contribution in [-0.2, 0) is 9.47 Å². The molecule has 0 aliphatic carbocycles. The lowest BCUT2D eigenvalue weighted by Crippen LogP contribution is -2.35. The Morgan fingerprint density at radius 2 is 1.95 bits per heavy atom.